The van der Waals surface area contributed by atoms with Crippen molar-refractivity contribution in [2.75, 3.05) is 26.3 Å². The lowest BCUT2D eigenvalue weighted by molar-refractivity contribution is 0.126. The summed E-state index contributed by atoms with van der Waals surface area (Å²) in [4.78, 5) is 0. The number of hydrogen-bond acceptors (Lipinski definition) is 5. The Morgan fingerprint density at radius 2 is 1.55 bits per heavy atom. The van der Waals surface area contributed by atoms with Crippen molar-refractivity contribution >= 4 is 0 Å². The molecule has 1 unspecified atom stereocenters. The van der Waals surface area contributed by atoms with Crippen molar-refractivity contribution < 1.29 is 20.1 Å². The third kappa shape index (κ3) is 10.8. The molecular formula is C26H39NO4. The van der Waals surface area contributed by atoms with E-state index in [1.54, 1.807) is 12.1 Å². The molecule has 2 aromatic rings. The van der Waals surface area contributed by atoms with Crippen LogP contribution in [0.1, 0.15) is 67.7 Å². The molecule has 0 aliphatic carbocycles. The maximum atomic E-state index is 10.2. The Morgan fingerprint density at radius 3 is 2.29 bits per heavy atom. The van der Waals surface area contributed by atoms with E-state index in [0.717, 1.165) is 58.3 Å². The highest BCUT2D eigenvalue weighted by atomic mass is 16.5. The highest BCUT2D eigenvalue weighted by Gasteiger charge is 2.09. The van der Waals surface area contributed by atoms with Crippen LogP contribution in [0.15, 0.2) is 48.5 Å². The standard InChI is InChI=1S/C26H39NO4/c28-21-24-19-23(14-15-25(24)29)26(30)20-27-16-8-1-2-9-17-31-18-10-4-7-13-22-11-5-3-6-12-22/h3,5-6,11-12,14-15,19,26-30H,1-2,4,7-10,13,16-18,20-21H2. The highest BCUT2D eigenvalue weighted by molar-refractivity contribution is 5.36. The van der Waals surface area contributed by atoms with Gasteiger partial charge in [0, 0.05) is 25.3 Å². The molecule has 2 aromatic carbocycles. The molecule has 0 aromatic heterocycles. The van der Waals surface area contributed by atoms with E-state index < -0.39 is 6.10 Å². The topological polar surface area (TPSA) is 82.0 Å². The summed E-state index contributed by atoms with van der Waals surface area (Å²) in [5.41, 5.74) is 2.56. The Hall–Kier alpha value is -1.92. The molecule has 0 aliphatic rings. The first kappa shape index (κ1) is 25.3. The summed E-state index contributed by atoms with van der Waals surface area (Å²) in [5.74, 6) is 0.0541. The van der Waals surface area contributed by atoms with Gasteiger partial charge in [0.1, 0.15) is 5.75 Å². The summed E-state index contributed by atoms with van der Waals surface area (Å²) < 4.78 is 5.74. The van der Waals surface area contributed by atoms with Crippen LogP contribution in [0.5, 0.6) is 5.75 Å². The number of rotatable bonds is 17. The molecule has 0 saturated heterocycles. The molecule has 0 heterocycles. The Morgan fingerprint density at radius 1 is 0.839 bits per heavy atom. The monoisotopic (exact) mass is 429 g/mol. The predicted octanol–water partition coefficient (Wildman–Crippen LogP) is 4.50. The van der Waals surface area contributed by atoms with Gasteiger partial charge < -0.3 is 25.4 Å². The fraction of sp³-hybridized carbons (Fsp3) is 0.538. The van der Waals surface area contributed by atoms with Crippen molar-refractivity contribution in [3.8, 4) is 5.75 Å². The molecule has 4 N–H and O–H groups in total. The minimum atomic E-state index is -0.646. The van der Waals surface area contributed by atoms with Crippen LogP contribution in [0.4, 0.5) is 0 Å². The minimum Gasteiger partial charge on any atom is -0.508 e. The number of unbranched alkanes of at least 4 members (excludes halogenated alkanes) is 5. The largest absolute Gasteiger partial charge is 0.508 e. The van der Waals surface area contributed by atoms with Crippen molar-refractivity contribution in [3.05, 3.63) is 65.2 Å². The Balaban J connectivity index is 1.36. The van der Waals surface area contributed by atoms with Gasteiger partial charge in [0.15, 0.2) is 0 Å². The van der Waals surface area contributed by atoms with Gasteiger partial charge in [-0.05, 0) is 61.9 Å². The van der Waals surface area contributed by atoms with Gasteiger partial charge in [0.25, 0.3) is 0 Å². The van der Waals surface area contributed by atoms with Gasteiger partial charge in [-0.2, -0.15) is 0 Å². The first-order chi connectivity index (χ1) is 15.2. The lowest BCUT2D eigenvalue weighted by Crippen LogP contribution is -2.22. The van der Waals surface area contributed by atoms with Crippen LogP contribution in [-0.2, 0) is 17.8 Å². The first-order valence-electron chi connectivity index (χ1n) is 11.6. The van der Waals surface area contributed by atoms with Crippen LogP contribution in [0.25, 0.3) is 0 Å². The number of aliphatic hydroxyl groups is 2. The van der Waals surface area contributed by atoms with Gasteiger partial charge >= 0.3 is 0 Å². The molecule has 172 valence electrons. The molecule has 0 aliphatic heterocycles. The SMILES string of the molecule is OCc1cc(C(O)CNCCCCCCOCCCCCc2ccccc2)ccc1O. The molecule has 5 nitrogen and oxygen atoms in total. The normalized spacial score (nSPS) is 12.2. The minimum absolute atomic E-state index is 0.0541. The van der Waals surface area contributed by atoms with E-state index >= 15 is 0 Å². The predicted molar refractivity (Wildman–Crippen MR) is 125 cm³/mol. The highest BCUT2D eigenvalue weighted by Crippen LogP contribution is 2.22. The van der Waals surface area contributed by atoms with E-state index in [2.05, 4.69) is 35.6 Å². The molecule has 0 spiro atoms. The van der Waals surface area contributed by atoms with Crippen molar-refractivity contribution in [3.63, 3.8) is 0 Å². The third-order valence-corrected chi connectivity index (χ3v) is 5.49. The number of aromatic hydroxyl groups is 1. The maximum Gasteiger partial charge on any atom is 0.121 e. The fourth-order valence-electron chi connectivity index (χ4n) is 3.56. The van der Waals surface area contributed by atoms with E-state index in [1.165, 1.54) is 24.5 Å². The third-order valence-electron chi connectivity index (χ3n) is 5.49. The summed E-state index contributed by atoms with van der Waals surface area (Å²) in [7, 11) is 0. The van der Waals surface area contributed by atoms with Gasteiger partial charge in [-0.3, -0.25) is 0 Å². The molecule has 0 amide bonds. The molecule has 5 heteroatoms. The van der Waals surface area contributed by atoms with Crippen LogP contribution in [0.2, 0.25) is 0 Å². The molecule has 31 heavy (non-hydrogen) atoms. The summed E-state index contributed by atoms with van der Waals surface area (Å²) >= 11 is 0. The smallest absolute Gasteiger partial charge is 0.121 e. The zero-order valence-corrected chi connectivity index (χ0v) is 18.6. The quantitative estimate of drug-likeness (QED) is 0.278. The number of aliphatic hydroxyl groups excluding tert-OH is 2. The van der Waals surface area contributed by atoms with Crippen molar-refractivity contribution in [2.45, 2.75) is 64.1 Å². The van der Waals surface area contributed by atoms with Crippen molar-refractivity contribution in [1.29, 1.82) is 0 Å². The van der Waals surface area contributed by atoms with E-state index in [4.69, 9.17) is 4.74 Å². The number of nitrogens with one attached hydrogen (secondary N) is 1. The average molecular weight is 430 g/mol. The van der Waals surface area contributed by atoms with E-state index in [1.807, 2.05) is 0 Å². The van der Waals surface area contributed by atoms with E-state index in [-0.39, 0.29) is 12.4 Å². The zero-order valence-electron chi connectivity index (χ0n) is 18.6. The fourth-order valence-corrected chi connectivity index (χ4v) is 3.56. The lowest BCUT2D eigenvalue weighted by Gasteiger charge is -2.14. The number of aryl methyl sites for hydroxylation is 1. The molecule has 0 fully saturated rings. The first-order valence-corrected chi connectivity index (χ1v) is 11.6. The molecule has 0 bridgehead atoms. The number of hydrogen-bond donors (Lipinski definition) is 4. The van der Waals surface area contributed by atoms with Gasteiger partial charge in [-0.25, -0.2) is 0 Å². The second kappa shape index (κ2) is 15.8. The van der Waals surface area contributed by atoms with Crippen LogP contribution < -0.4 is 5.32 Å². The van der Waals surface area contributed by atoms with Crippen molar-refractivity contribution in [1.82, 2.24) is 5.32 Å². The molecular weight excluding hydrogens is 390 g/mol. The summed E-state index contributed by atoms with van der Waals surface area (Å²) in [6, 6.07) is 15.5. The van der Waals surface area contributed by atoms with Gasteiger partial charge in [-0.15, -0.1) is 0 Å². The van der Waals surface area contributed by atoms with Crippen LogP contribution >= 0.6 is 0 Å². The maximum absolute atomic E-state index is 10.2. The number of phenols is 1. The van der Waals surface area contributed by atoms with Crippen molar-refractivity contribution in [2.24, 2.45) is 0 Å². The molecule has 1 atom stereocenters. The zero-order chi connectivity index (χ0) is 22.2. The molecule has 0 saturated carbocycles. The van der Waals surface area contributed by atoms with E-state index in [9.17, 15) is 15.3 Å². The van der Waals surface area contributed by atoms with Gasteiger partial charge in [-0.1, -0.05) is 55.7 Å². The van der Waals surface area contributed by atoms with Gasteiger partial charge in [0.05, 0.1) is 12.7 Å². The Labute approximate surface area is 187 Å². The van der Waals surface area contributed by atoms with Gasteiger partial charge in [0.2, 0.25) is 0 Å². The second-order valence-corrected chi connectivity index (χ2v) is 8.09. The van der Waals surface area contributed by atoms with Crippen LogP contribution in [0, 0.1) is 0 Å². The Kier molecular flexibility index (Phi) is 12.9. The number of benzene rings is 2. The second-order valence-electron chi connectivity index (χ2n) is 8.09. The Bertz CT molecular complexity index is 708. The van der Waals surface area contributed by atoms with Crippen LogP contribution in [0.3, 0.4) is 0 Å². The van der Waals surface area contributed by atoms with Crippen LogP contribution in [-0.4, -0.2) is 41.6 Å². The summed E-state index contributed by atoms with van der Waals surface area (Å²) in [6.07, 6.45) is 8.58. The molecule has 0 radical (unpaired) electrons. The molecule has 2 rings (SSSR count). The van der Waals surface area contributed by atoms with E-state index in [0.29, 0.717) is 17.7 Å². The summed E-state index contributed by atoms with van der Waals surface area (Å²) in [6.45, 7) is 2.80. The number of ether oxygens (including phenoxy) is 1. The lowest BCUT2D eigenvalue weighted by atomic mass is 10.1. The average Bonchev–Trinajstić information content (AvgIpc) is 2.80. The summed E-state index contributed by atoms with van der Waals surface area (Å²) in [5, 5.41) is 32.3.